The summed E-state index contributed by atoms with van der Waals surface area (Å²) < 4.78 is 2.18. The molecule has 0 atom stereocenters. The third kappa shape index (κ3) is 3.30. The Morgan fingerprint density at radius 2 is 1.69 bits per heavy atom. The monoisotopic (exact) mass is 403 g/mol. The number of amides is 1. The molecule has 4 rings (SSSR count). The van der Waals surface area contributed by atoms with Gasteiger partial charge in [0, 0.05) is 22.1 Å². The van der Waals surface area contributed by atoms with Crippen LogP contribution in [0.25, 0.3) is 11.8 Å². The summed E-state index contributed by atoms with van der Waals surface area (Å²) in [6, 6.07) is 17.5. The average molecular weight is 404 g/mol. The minimum atomic E-state index is -0.113. The second-order valence-electron chi connectivity index (χ2n) is 7.24. The van der Waals surface area contributed by atoms with Crippen LogP contribution in [0.2, 0.25) is 5.02 Å². The zero-order valence-corrected chi connectivity index (χ0v) is 17.7. The van der Waals surface area contributed by atoms with Crippen LogP contribution in [0.4, 0.5) is 5.69 Å². The lowest BCUT2D eigenvalue weighted by molar-refractivity contribution is -0.114. The minimum Gasteiger partial charge on any atom is -0.318 e. The van der Waals surface area contributed by atoms with Crippen LogP contribution in [0.5, 0.6) is 0 Å². The summed E-state index contributed by atoms with van der Waals surface area (Å²) in [7, 11) is 0. The standard InChI is InChI=1S/C24H22ClN3O/c1-15-13-19(18(4)27(15)23-12-8-11-22(25)16(23)2)14-21-17(3)26-28(24(21)29)20-9-6-5-7-10-20/h5-14H,1-4H3/b21-14-. The van der Waals surface area contributed by atoms with Gasteiger partial charge in [0.25, 0.3) is 5.91 Å². The molecule has 0 saturated carbocycles. The molecule has 0 radical (unpaired) electrons. The maximum absolute atomic E-state index is 13.0. The summed E-state index contributed by atoms with van der Waals surface area (Å²) in [4.78, 5) is 13.0. The number of anilines is 1. The van der Waals surface area contributed by atoms with Crippen LogP contribution in [-0.2, 0) is 4.79 Å². The van der Waals surface area contributed by atoms with Gasteiger partial charge in [0.05, 0.1) is 17.0 Å². The maximum atomic E-state index is 13.0. The van der Waals surface area contributed by atoms with E-state index >= 15 is 0 Å². The molecular formula is C24H22ClN3O. The van der Waals surface area contributed by atoms with E-state index in [4.69, 9.17) is 11.6 Å². The summed E-state index contributed by atoms with van der Waals surface area (Å²) in [5.74, 6) is -0.113. The molecule has 1 aromatic heterocycles. The van der Waals surface area contributed by atoms with Gasteiger partial charge in [-0.3, -0.25) is 4.79 Å². The fraction of sp³-hybridized carbons (Fsp3) is 0.167. The Morgan fingerprint density at radius 1 is 0.966 bits per heavy atom. The Hall–Kier alpha value is -3.11. The smallest absolute Gasteiger partial charge is 0.280 e. The molecule has 3 aromatic rings. The number of rotatable bonds is 3. The van der Waals surface area contributed by atoms with Crippen molar-refractivity contribution in [2.45, 2.75) is 27.7 Å². The van der Waals surface area contributed by atoms with E-state index in [-0.39, 0.29) is 5.91 Å². The highest BCUT2D eigenvalue weighted by molar-refractivity contribution is 6.32. The first-order valence-electron chi connectivity index (χ1n) is 9.49. The molecule has 146 valence electrons. The molecule has 1 aliphatic heterocycles. The van der Waals surface area contributed by atoms with E-state index in [1.54, 1.807) is 0 Å². The normalized spacial score (nSPS) is 15.3. The molecule has 0 fully saturated rings. The van der Waals surface area contributed by atoms with Crippen LogP contribution < -0.4 is 5.01 Å². The van der Waals surface area contributed by atoms with E-state index < -0.39 is 0 Å². The van der Waals surface area contributed by atoms with E-state index in [2.05, 4.69) is 35.6 Å². The highest BCUT2D eigenvalue weighted by Crippen LogP contribution is 2.30. The number of carbonyl (C=O) groups excluding carboxylic acids is 1. The van der Waals surface area contributed by atoms with Gasteiger partial charge in [0.1, 0.15) is 0 Å². The summed E-state index contributed by atoms with van der Waals surface area (Å²) in [5, 5.41) is 6.67. The van der Waals surface area contributed by atoms with E-state index in [1.165, 1.54) is 5.01 Å². The van der Waals surface area contributed by atoms with E-state index in [0.717, 1.165) is 38.9 Å². The molecule has 4 nitrogen and oxygen atoms in total. The molecule has 2 heterocycles. The first-order chi connectivity index (χ1) is 13.9. The molecule has 5 heteroatoms. The number of aryl methyl sites for hydroxylation is 1. The molecule has 0 aliphatic carbocycles. The lowest BCUT2D eigenvalue weighted by atomic mass is 10.1. The largest absolute Gasteiger partial charge is 0.318 e. The number of halogens is 1. The van der Waals surface area contributed by atoms with Gasteiger partial charge in [0.15, 0.2) is 0 Å². The quantitative estimate of drug-likeness (QED) is 0.504. The van der Waals surface area contributed by atoms with Crippen LogP contribution in [0.3, 0.4) is 0 Å². The number of carbonyl (C=O) groups is 1. The lowest BCUT2D eigenvalue weighted by Crippen LogP contribution is -2.21. The molecule has 0 spiro atoms. The van der Waals surface area contributed by atoms with Gasteiger partial charge in [0.2, 0.25) is 0 Å². The molecular weight excluding hydrogens is 382 g/mol. The van der Waals surface area contributed by atoms with Gasteiger partial charge >= 0.3 is 0 Å². The SMILES string of the molecule is CC1=NN(c2ccccc2)C(=O)/C1=C\c1cc(C)n(-c2cccc(Cl)c2C)c1C. The predicted octanol–water partition coefficient (Wildman–Crippen LogP) is 5.86. The number of hydrogen-bond acceptors (Lipinski definition) is 2. The molecule has 2 aromatic carbocycles. The second kappa shape index (κ2) is 7.37. The number of hydrazone groups is 1. The van der Waals surface area contributed by atoms with Gasteiger partial charge in [-0.25, -0.2) is 0 Å². The highest BCUT2D eigenvalue weighted by Gasteiger charge is 2.29. The molecule has 0 bridgehead atoms. The number of aromatic nitrogens is 1. The maximum Gasteiger partial charge on any atom is 0.280 e. The zero-order valence-electron chi connectivity index (χ0n) is 16.9. The average Bonchev–Trinajstić information content (AvgIpc) is 3.15. The third-order valence-corrected chi connectivity index (χ3v) is 5.72. The number of para-hydroxylation sites is 1. The molecule has 0 unspecified atom stereocenters. The van der Waals surface area contributed by atoms with Crippen molar-refractivity contribution in [1.82, 2.24) is 4.57 Å². The Morgan fingerprint density at radius 3 is 2.41 bits per heavy atom. The molecule has 0 saturated heterocycles. The summed E-state index contributed by atoms with van der Waals surface area (Å²) >= 11 is 6.33. The summed E-state index contributed by atoms with van der Waals surface area (Å²) in [6.45, 7) is 8.00. The topological polar surface area (TPSA) is 37.6 Å². The third-order valence-electron chi connectivity index (χ3n) is 5.31. The van der Waals surface area contributed by atoms with E-state index in [9.17, 15) is 4.79 Å². The van der Waals surface area contributed by atoms with Crippen molar-refractivity contribution >= 4 is 35.0 Å². The Bertz CT molecular complexity index is 1170. The summed E-state index contributed by atoms with van der Waals surface area (Å²) in [6.07, 6.45) is 1.93. The zero-order chi connectivity index (χ0) is 20.7. The Labute approximate surface area is 175 Å². The van der Waals surface area contributed by atoms with Crippen molar-refractivity contribution < 1.29 is 4.79 Å². The van der Waals surface area contributed by atoms with Crippen LogP contribution in [0, 0.1) is 20.8 Å². The van der Waals surface area contributed by atoms with Gasteiger partial charge in [-0.1, -0.05) is 35.9 Å². The van der Waals surface area contributed by atoms with E-state index in [0.29, 0.717) is 11.3 Å². The van der Waals surface area contributed by atoms with Gasteiger partial charge in [-0.15, -0.1) is 0 Å². The molecule has 29 heavy (non-hydrogen) atoms. The minimum absolute atomic E-state index is 0.113. The van der Waals surface area contributed by atoms with Gasteiger partial charge in [-0.05, 0) is 75.2 Å². The van der Waals surface area contributed by atoms with Crippen LogP contribution in [0.1, 0.15) is 29.4 Å². The van der Waals surface area contributed by atoms with Crippen molar-refractivity contribution in [1.29, 1.82) is 0 Å². The molecule has 0 N–H and O–H groups in total. The van der Waals surface area contributed by atoms with Crippen LogP contribution >= 0.6 is 11.6 Å². The van der Waals surface area contributed by atoms with Gasteiger partial charge < -0.3 is 4.57 Å². The van der Waals surface area contributed by atoms with Crippen LogP contribution in [0.15, 0.2) is 65.3 Å². The van der Waals surface area contributed by atoms with Crippen LogP contribution in [-0.4, -0.2) is 16.2 Å². The lowest BCUT2D eigenvalue weighted by Gasteiger charge is -2.14. The summed E-state index contributed by atoms with van der Waals surface area (Å²) in [5.41, 5.74) is 7.29. The van der Waals surface area contributed by atoms with Crippen molar-refractivity contribution in [3.8, 4) is 5.69 Å². The first-order valence-corrected chi connectivity index (χ1v) is 9.87. The van der Waals surface area contributed by atoms with Crippen molar-refractivity contribution in [3.05, 3.63) is 87.7 Å². The Kier molecular flexibility index (Phi) is 4.89. The number of nitrogens with zero attached hydrogens (tertiary/aromatic N) is 3. The van der Waals surface area contributed by atoms with Crippen molar-refractivity contribution in [3.63, 3.8) is 0 Å². The predicted molar refractivity (Wildman–Crippen MR) is 120 cm³/mol. The van der Waals surface area contributed by atoms with Crippen molar-refractivity contribution in [2.24, 2.45) is 5.10 Å². The molecule has 1 aliphatic rings. The first kappa shape index (κ1) is 19.2. The number of hydrogen-bond donors (Lipinski definition) is 0. The highest BCUT2D eigenvalue weighted by atomic mass is 35.5. The Balaban J connectivity index is 1.76. The fourth-order valence-corrected chi connectivity index (χ4v) is 3.90. The molecule has 1 amide bonds. The number of benzene rings is 2. The fourth-order valence-electron chi connectivity index (χ4n) is 3.73. The van der Waals surface area contributed by atoms with Crippen molar-refractivity contribution in [2.75, 3.05) is 5.01 Å². The van der Waals surface area contributed by atoms with Gasteiger partial charge in [-0.2, -0.15) is 10.1 Å². The second-order valence-corrected chi connectivity index (χ2v) is 7.65. The van der Waals surface area contributed by atoms with E-state index in [1.807, 2.05) is 62.4 Å².